The third-order valence-corrected chi connectivity index (χ3v) is 4.43. The molecule has 1 aromatic carbocycles. The Balaban J connectivity index is 1.83. The molecule has 0 aliphatic heterocycles. The van der Waals surface area contributed by atoms with Gasteiger partial charge < -0.3 is 16.4 Å². The molecule has 0 radical (unpaired) electrons. The summed E-state index contributed by atoms with van der Waals surface area (Å²) in [7, 11) is 0. The first-order chi connectivity index (χ1) is 10.5. The Morgan fingerprint density at radius 1 is 1.27 bits per heavy atom. The number of benzene rings is 1. The van der Waals surface area contributed by atoms with Gasteiger partial charge >= 0.3 is 0 Å². The van der Waals surface area contributed by atoms with E-state index in [0.29, 0.717) is 11.5 Å². The fraction of sp³-hybridized carbons (Fsp3) is 0.400. The van der Waals surface area contributed by atoms with Gasteiger partial charge in [-0.1, -0.05) is 12.1 Å². The first kappa shape index (κ1) is 16.7. The normalized spacial score (nSPS) is 15.0. The van der Waals surface area contributed by atoms with Crippen molar-refractivity contribution >= 4 is 40.3 Å². The van der Waals surface area contributed by atoms with Crippen molar-refractivity contribution in [1.29, 1.82) is 0 Å². The molecule has 0 heterocycles. The van der Waals surface area contributed by atoms with Crippen LogP contribution in [0.15, 0.2) is 24.3 Å². The molecule has 0 aromatic heterocycles. The van der Waals surface area contributed by atoms with E-state index in [1.165, 1.54) is 0 Å². The Kier molecular flexibility index (Phi) is 5.76. The largest absolute Gasteiger partial charge is 0.370 e. The SMILES string of the molecule is NC(=O)C[C@@H](NC(=O)CNC(=O)c1ccccc1I)C1CC1. The molecule has 4 N–H and O–H groups in total. The number of nitrogens with one attached hydrogen (secondary N) is 2. The van der Waals surface area contributed by atoms with Crippen LogP contribution in [0.4, 0.5) is 0 Å². The first-order valence-corrected chi connectivity index (χ1v) is 8.15. The molecule has 0 unspecified atom stereocenters. The van der Waals surface area contributed by atoms with E-state index in [0.717, 1.165) is 16.4 Å². The molecule has 1 aliphatic rings. The molecule has 1 aromatic rings. The van der Waals surface area contributed by atoms with Crippen LogP contribution in [-0.4, -0.2) is 30.3 Å². The zero-order valence-electron chi connectivity index (χ0n) is 12.0. The molecule has 1 fully saturated rings. The maximum Gasteiger partial charge on any atom is 0.252 e. The lowest BCUT2D eigenvalue weighted by molar-refractivity contribution is -0.122. The van der Waals surface area contributed by atoms with Gasteiger partial charge in [0.25, 0.3) is 5.91 Å². The molecule has 0 saturated heterocycles. The number of hydrogen-bond acceptors (Lipinski definition) is 3. The Morgan fingerprint density at radius 2 is 1.95 bits per heavy atom. The second-order valence-corrected chi connectivity index (χ2v) is 6.51. The van der Waals surface area contributed by atoms with Crippen LogP contribution >= 0.6 is 22.6 Å². The lowest BCUT2D eigenvalue weighted by Gasteiger charge is -2.17. The van der Waals surface area contributed by atoms with E-state index in [-0.39, 0.29) is 30.8 Å². The molecule has 0 bridgehead atoms. The molecule has 22 heavy (non-hydrogen) atoms. The zero-order valence-corrected chi connectivity index (χ0v) is 14.1. The van der Waals surface area contributed by atoms with E-state index in [4.69, 9.17) is 5.73 Å². The van der Waals surface area contributed by atoms with E-state index >= 15 is 0 Å². The molecule has 1 saturated carbocycles. The summed E-state index contributed by atoms with van der Waals surface area (Å²) in [5.41, 5.74) is 5.72. The summed E-state index contributed by atoms with van der Waals surface area (Å²) in [6.07, 6.45) is 2.13. The lowest BCUT2D eigenvalue weighted by Crippen LogP contribution is -2.44. The van der Waals surface area contributed by atoms with Gasteiger partial charge in [-0.15, -0.1) is 0 Å². The minimum atomic E-state index is -0.430. The van der Waals surface area contributed by atoms with Crippen molar-refractivity contribution < 1.29 is 14.4 Å². The Labute approximate surface area is 142 Å². The second-order valence-electron chi connectivity index (χ2n) is 5.34. The van der Waals surface area contributed by atoms with Gasteiger partial charge in [0.1, 0.15) is 0 Å². The van der Waals surface area contributed by atoms with Gasteiger partial charge in [0.15, 0.2) is 0 Å². The number of hydrogen-bond donors (Lipinski definition) is 3. The first-order valence-electron chi connectivity index (χ1n) is 7.07. The van der Waals surface area contributed by atoms with Crippen LogP contribution in [0.2, 0.25) is 0 Å². The molecular formula is C15H18IN3O3. The monoisotopic (exact) mass is 415 g/mol. The van der Waals surface area contributed by atoms with Gasteiger partial charge in [-0.05, 0) is 53.5 Å². The summed E-state index contributed by atoms with van der Waals surface area (Å²) >= 11 is 2.07. The van der Waals surface area contributed by atoms with Crippen molar-refractivity contribution in [2.24, 2.45) is 11.7 Å². The van der Waals surface area contributed by atoms with Crippen molar-refractivity contribution in [3.8, 4) is 0 Å². The Morgan fingerprint density at radius 3 is 2.55 bits per heavy atom. The summed E-state index contributed by atoms with van der Waals surface area (Å²) in [6, 6.07) is 6.92. The van der Waals surface area contributed by atoms with E-state index in [1.807, 2.05) is 12.1 Å². The quantitative estimate of drug-likeness (QED) is 0.574. The number of carbonyl (C=O) groups excluding carboxylic acids is 3. The van der Waals surface area contributed by atoms with Crippen molar-refractivity contribution in [2.75, 3.05) is 6.54 Å². The Bertz CT molecular complexity index is 587. The molecular weight excluding hydrogens is 397 g/mol. The number of amides is 3. The van der Waals surface area contributed by atoms with Gasteiger partial charge in [-0.2, -0.15) is 0 Å². The van der Waals surface area contributed by atoms with Gasteiger partial charge in [-0.3, -0.25) is 14.4 Å². The summed E-state index contributed by atoms with van der Waals surface area (Å²) in [4.78, 5) is 34.9. The number of carbonyl (C=O) groups is 3. The number of rotatable bonds is 7. The predicted octanol–water partition coefficient (Wildman–Crippen LogP) is 0.791. The van der Waals surface area contributed by atoms with Crippen molar-refractivity contribution in [1.82, 2.24) is 10.6 Å². The summed E-state index contributed by atoms with van der Waals surface area (Å²) in [5.74, 6) is -0.710. The highest BCUT2D eigenvalue weighted by Gasteiger charge is 2.33. The van der Waals surface area contributed by atoms with Crippen LogP contribution in [0.25, 0.3) is 0 Å². The van der Waals surface area contributed by atoms with Crippen molar-refractivity contribution in [3.63, 3.8) is 0 Å². The van der Waals surface area contributed by atoms with E-state index < -0.39 is 5.91 Å². The maximum atomic E-state index is 12.0. The third-order valence-electron chi connectivity index (χ3n) is 3.49. The molecule has 6 nitrogen and oxygen atoms in total. The topological polar surface area (TPSA) is 101 Å². The smallest absolute Gasteiger partial charge is 0.252 e. The van der Waals surface area contributed by atoms with Crippen molar-refractivity contribution in [3.05, 3.63) is 33.4 Å². The second kappa shape index (κ2) is 7.57. The van der Waals surface area contributed by atoms with Crippen LogP contribution in [-0.2, 0) is 9.59 Å². The number of halogens is 1. The molecule has 2 rings (SSSR count). The maximum absolute atomic E-state index is 12.0. The molecule has 3 amide bonds. The molecule has 0 spiro atoms. The van der Waals surface area contributed by atoms with Gasteiger partial charge in [0.05, 0.1) is 12.1 Å². The van der Waals surface area contributed by atoms with E-state index in [2.05, 4.69) is 33.2 Å². The summed E-state index contributed by atoms with van der Waals surface area (Å²) in [5, 5.41) is 5.36. The Hall–Kier alpha value is -1.64. The molecule has 7 heteroatoms. The van der Waals surface area contributed by atoms with Crippen LogP contribution in [0.3, 0.4) is 0 Å². The van der Waals surface area contributed by atoms with E-state index in [9.17, 15) is 14.4 Å². The summed E-state index contributed by atoms with van der Waals surface area (Å²) in [6.45, 7) is -0.119. The highest BCUT2D eigenvalue weighted by Crippen LogP contribution is 2.33. The fourth-order valence-corrected chi connectivity index (χ4v) is 2.84. The number of primary amides is 1. The lowest BCUT2D eigenvalue weighted by atomic mass is 10.1. The van der Waals surface area contributed by atoms with Crippen LogP contribution in [0, 0.1) is 9.49 Å². The molecule has 118 valence electrons. The highest BCUT2D eigenvalue weighted by atomic mass is 127. The highest BCUT2D eigenvalue weighted by molar-refractivity contribution is 14.1. The van der Waals surface area contributed by atoms with Crippen LogP contribution in [0.1, 0.15) is 29.6 Å². The average molecular weight is 415 g/mol. The summed E-state index contributed by atoms with van der Waals surface area (Å²) < 4.78 is 0.822. The number of nitrogens with two attached hydrogens (primary N) is 1. The van der Waals surface area contributed by atoms with Crippen LogP contribution in [0.5, 0.6) is 0 Å². The minimum absolute atomic E-state index is 0.119. The molecule has 1 atom stereocenters. The zero-order chi connectivity index (χ0) is 16.1. The van der Waals surface area contributed by atoms with Crippen LogP contribution < -0.4 is 16.4 Å². The molecule has 1 aliphatic carbocycles. The fourth-order valence-electron chi connectivity index (χ4n) is 2.21. The van der Waals surface area contributed by atoms with Crippen molar-refractivity contribution in [2.45, 2.75) is 25.3 Å². The van der Waals surface area contributed by atoms with Gasteiger partial charge in [-0.25, -0.2) is 0 Å². The van der Waals surface area contributed by atoms with Gasteiger partial charge in [0.2, 0.25) is 11.8 Å². The van der Waals surface area contributed by atoms with E-state index in [1.54, 1.807) is 12.1 Å². The van der Waals surface area contributed by atoms with Gasteiger partial charge in [0, 0.05) is 16.0 Å². The third kappa shape index (κ3) is 4.97. The predicted molar refractivity (Wildman–Crippen MR) is 90.0 cm³/mol. The minimum Gasteiger partial charge on any atom is -0.370 e. The standard InChI is InChI=1S/C15H18IN3O3/c16-11-4-2-1-3-10(11)15(22)18-8-14(21)19-12(7-13(17)20)9-5-6-9/h1-4,9,12H,5-8H2,(H2,17,20)(H,18,22)(H,19,21)/t12-/m1/s1. The average Bonchev–Trinajstić information content (AvgIpc) is 3.28.